The van der Waals surface area contributed by atoms with Crippen molar-refractivity contribution in [3.05, 3.63) is 52.0 Å². The third kappa shape index (κ3) is 4.59. The molecule has 7 heteroatoms. The van der Waals surface area contributed by atoms with Crippen LogP contribution in [-0.4, -0.2) is 63.2 Å². The van der Waals surface area contributed by atoms with Crippen LogP contribution in [0.15, 0.2) is 40.9 Å². The molecule has 0 unspecified atom stereocenters. The van der Waals surface area contributed by atoms with Crippen LogP contribution in [0.25, 0.3) is 0 Å². The Morgan fingerprint density at radius 3 is 2.21 bits per heavy atom. The summed E-state index contributed by atoms with van der Waals surface area (Å²) in [7, 11) is 4.93. The van der Waals surface area contributed by atoms with Gasteiger partial charge in [0.1, 0.15) is 17.2 Å². The highest BCUT2D eigenvalue weighted by Crippen LogP contribution is 2.27. The normalized spacial score (nSPS) is 14.6. The highest BCUT2D eigenvalue weighted by atomic mass is 79.9. The van der Waals surface area contributed by atoms with Crippen LogP contribution in [0.4, 0.5) is 0 Å². The Morgan fingerprint density at radius 2 is 1.57 bits per heavy atom. The summed E-state index contributed by atoms with van der Waals surface area (Å²) in [6, 6.07) is 11.3. The number of ether oxygens (including phenoxy) is 3. The van der Waals surface area contributed by atoms with Crippen LogP contribution in [0.5, 0.6) is 17.2 Å². The van der Waals surface area contributed by atoms with Gasteiger partial charge in [-0.2, -0.15) is 0 Å². The molecule has 3 rings (SSSR count). The van der Waals surface area contributed by atoms with Gasteiger partial charge >= 0.3 is 0 Å². The number of carbonyl (C=O) groups is 1. The number of nitrogens with zero attached hydrogens (tertiary/aromatic N) is 2. The van der Waals surface area contributed by atoms with Crippen molar-refractivity contribution < 1.29 is 19.0 Å². The Bertz CT molecular complexity index is 835. The summed E-state index contributed by atoms with van der Waals surface area (Å²) in [5, 5.41) is 0. The van der Waals surface area contributed by atoms with Crippen molar-refractivity contribution in [2.75, 3.05) is 47.5 Å². The summed E-state index contributed by atoms with van der Waals surface area (Å²) in [6.45, 7) is 3.70. The minimum Gasteiger partial charge on any atom is -0.497 e. The number of methoxy groups -OCH3 is 3. The molecule has 0 saturated carbocycles. The largest absolute Gasteiger partial charge is 0.497 e. The molecule has 0 bridgehead atoms. The highest BCUT2D eigenvalue weighted by Gasteiger charge is 2.24. The molecule has 0 atom stereocenters. The Balaban J connectivity index is 1.64. The number of hydrogen-bond acceptors (Lipinski definition) is 5. The van der Waals surface area contributed by atoms with Gasteiger partial charge in [0.25, 0.3) is 5.91 Å². The lowest BCUT2D eigenvalue weighted by Gasteiger charge is -2.35. The second-order valence-corrected chi connectivity index (χ2v) is 7.45. The first-order chi connectivity index (χ1) is 13.5. The van der Waals surface area contributed by atoms with Crippen molar-refractivity contribution in [3.63, 3.8) is 0 Å². The van der Waals surface area contributed by atoms with Crippen molar-refractivity contribution in [3.8, 4) is 17.2 Å². The van der Waals surface area contributed by atoms with Gasteiger partial charge < -0.3 is 19.1 Å². The first-order valence-corrected chi connectivity index (χ1v) is 9.91. The summed E-state index contributed by atoms with van der Waals surface area (Å²) in [5.41, 5.74) is 1.71. The Morgan fingerprint density at radius 1 is 0.929 bits per heavy atom. The quantitative estimate of drug-likeness (QED) is 0.677. The maximum Gasteiger partial charge on any atom is 0.255 e. The van der Waals surface area contributed by atoms with Crippen LogP contribution in [-0.2, 0) is 6.54 Å². The first-order valence-electron chi connectivity index (χ1n) is 9.11. The van der Waals surface area contributed by atoms with E-state index in [1.54, 1.807) is 27.4 Å². The predicted molar refractivity (Wildman–Crippen MR) is 111 cm³/mol. The number of benzene rings is 2. The van der Waals surface area contributed by atoms with Gasteiger partial charge in [0.15, 0.2) is 0 Å². The maximum absolute atomic E-state index is 12.9. The van der Waals surface area contributed by atoms with E-state index in [-0.39, 0.29) is 5.91 Å². The van der Waals surface area contributed by atoms with E-state index in [0.29, 0.717) is 24.4 Å². The number of rotatable bonds is 6. The fourth-order valence-corrected chi connectivity index (χ4v) is 3.74. The van der Waals surface area contributed by atoms with Gasteiger partial charge in [0, 0.05) is 42.8 Å². The van der Waals surface area contributed by atoms with Crippen molar-refractivity contribution in [1.82, 2.24) is 9.80 Å². The average Bonchev–Trinajstić information content (AvgIpc) is 2.74. The minimum absolute atomic E-state index is 0.0179. The van der Waals surface area contributed by atoms with Crippen LogP contribution in [0, 0.1) is 0 Å². The summed E-state index contributed by atoms with van der Waals surface area (Å²) in [4.78, 5) is 17.1. The predicted octanol–water partition coefficient (Wildman–Crippen LogP) is 3.43. The fraction of sp³-hybridized carbons (Fsp3) is 0.381. The molecule has 1 heterocycles. The SMILES string of the molecule is COc1ccc(OC)c(CN2CCN(C(=O)c3cc(OC)ccc3Br)CC2)c1. The smallest absolute Gasteiger partial charge is 0.255 e. The molecule has 6 nitrogen and oxygen atoms in total. The maximum atomic E-state index is 12.9. The van der Waals surface area contributed by atoms with Crippen LogP contribution in [0.3, 0.4) is 0 Å². The number of piperazine rings is 1. The zero-order valence-electron chi connectivity index (χ0n) is 16.4. The van der Waals surface area contributed by atoms with Gasteiger partial charge in [0.2, 0.25) is 0 Å². The lowest BCUT2D eigenvalue weighted by atomic mass is 10.1. The molecule has 1 amide bonds. The minimum atomic E-state index is 0.0179. The van der Waals surface area contributed by atoms with E-state index >= 15 is 0 Å². The van der Waals surface area contributed by atoms with Crippen molar-refractivity contribution in [2.45, 2.75) is 6.54 Å². The summed E-state index contributed by atoms with van der Waals surface area (Å²) < 4.78 is 16.8. The van der Waals surface area contributed by atoms with E-state index in [1.807, 2.05) is 35.2 Å². The molecule has 1 aliphatic rings. The molecule has 150 valence electrons. The van der Waals surface area contributed by atoms with E-state index in [9.17, 15) is 4.79 Å². The molecule has 0 N–H and O–H groups in total. The topological polar surface area (TPSA) is 51.2 Å². The van der Waals surface area contributed by atoms with Gasteiger partial charge in [-0.25, -0.2) is 0 Å². The monoisotopic (exact) mass is 448 g/mol. The molecule has 0 spiro atoms. The molecular weight excluding hydrogens is 424 g/mol. The summed E-state index contributed by atoms with van der Waals surface area (Å²) >= 11 is 3.47. The summed E-state index contributed by atoms with van der Waals surface area (Å²) in [6.07, 6.45) is 0. The van der Waals surface area contributed by atoms with E-state index in [4.69, 9.17) is 14.2 Å². The number of hydrogen-bond donors (Lipinski definition) is 0. The Hall–Kier alpha value is -2.25. The van der Waals surface area contributed by atoms with Crippen molar-refractivity contribution in [2.24, 2.45) is 0 Å². The number of amides is 1. The molecule has 0 aliphatic carbocycles. The number of halogens is 1. The molecular formula is C21H25BrN2O4. The van der Waals surface area contributed by atoms with Crippen molar-refractivity contribution >= 4 is 21.8 Å². The molecule has 0 radical (unpaired) electrons. The molecule has 1 fully saturated rings. The van der Waals surface area contributed by atoms with Gasteiger partial charge in [-0.3, -0.25) is 9.69 Å². The highest BCUT2D eigenvalue weighted by molar-refractivity contribution is 9.10. The third-order valence-electron chi connectivity index (χ3n) is 4.94. The second-order valence-electron chi connectivity index (χ2n) is 6.59. The van der Waals surface area contributed by atoms with Gasteiger partial charge in [0.05, 0.1) is 26.9 Å². The van der Waals surface area contributed by atoms with E-state index in [0.717, 1.165) is 41.2 Å². The number of carbonyl (C=O) groups excluding carboxylic acids is 1. The van der Waals surface area contributed by atoms with Gasteiger partial charge in [-0.05, 0) is 52.3 Å². The van der Waals surface area contributed by atoms with Crippen LogP contribution in [0.1, 0.15) is 15.9 Å². The lowest BCUT2D eigenvalue weighted by molar-refractivity contribution is 0.0626. The van der Waals surface area contributed by atoms with Crippen LogP contribution in [0.2, 0.25) is 0 Å². The zero-order valence-corrected chi connectivity index (χ0v) is 18.0. The lowest BCUT2D eigenvalue weighted by Crippen LogP contribution is -2.48. The Labute approximate surface area is 174 Å². The molecule has 0 aromatic heterocycles. The van der Waals surface area contributed by atoms with Gasteiger partial charge in [-0.15, -0.1) is 0 Å². The molecule has 2 aromatic carbocycles. The first kappa shape index (κ1) is 20.5. The molecule has 1 saturated heterocycles. The zero-order chi connectivity index (χ0) is 20.1. The Kier molecular flexibility index (Phi) is 6.80. The standard InChI is InChI=1S/C21H25BrN2O4/c1-26-16-5-7-20(28-3)15(12-16)14-23-8-10-24(11-9-23)21(25)18-13-17(27-2)4-6-19(18)22/h4-7,12-13H,8-11,14H2,1-3H3. The summed E-state index contributed by atoms with van der Waals surface area (Å²) in [5.74, 6) is 2.35. The van der Waals surface area contributed by atoms with E-state index < -0.39 is 0 Å². The van der Waals surface area contributed by atoms with Gasteiger partial charge in [-0.1, -0.05) is 0 Å². The van der Waals surface area contributed by atoms with Crippen LogP contribution < -0.4 is 14.2 Å². The third-order valence-corrected chi connectivity index (χ3v) is 5.64. The average molecular weight is 449 g/mol. The molecule has 28 heavy (non-hydrogen) atoms. The molecule has 2 aromatic rings. The van der Waals surface area contributed by atoms with E-state index in [1.165, 1.54) is 0 Å². The van der Waals surface area contributed by atoms with E-state index in [2.05, 4.69) is 20.8 Å². The van der Waals surface area contributed by atoms with Crippen LogP contribution >= 0.6 is 15.9 Å². The molecule has 1 aliphatic heterocycles. The van der Waals surface area contributed by atoms with Crippen molar-refractivity contribution in [1.29, 1.82) is 0 Å². The second kappa shape index (κ2) is 9.30. The fourth-order valence-electron chi connectivity index (χ4n) is 3.32.